The summed E-state index contributed by atoms with van der Waals surface area (Å²) >= 11 is 0. The summed E-state index contributed by atoms with van der Waals surface area (Å²) in [6, 6.07) is 0. The third kappa shape index (κ3) is 9.73. The van der Waals surface area contributed by atoms with Crippen LogP contribution in [-0.4, -0.2) is 139 Å². The Balaban J connectivity index is 1.18. The maximum atomic E-state index is 14.4. The molecule has 6 aliphatic heterocycles. The third-order valence-corrected chi connectivity index (χ3v) is 14.9. The molecule has 0 amide bonds. The Morgan fingerprint density at radius 2 is 1.63 bits per heavy atom. The highest BCUT2D eigenvalue weighted by Crippen LogP contribution is 2.48. The van der Waals surface area contributed by atoms with Gasteiger partial charge in [-0.1, -0.05) is 64.5 Å². The van der Waals surface area contributed by atoms with Gasteiger partial charge in [0.25, 0.3) is 0 Å². The minimum atomic E-state index is -1.82. The lowest BCUT2D eigenvalue weighted by molar-refractivity contribution is -0.340. The number of allylic oxidation sites excluding steroid dienone is 2. The number of ether oxygens (including phenoxy) is 10. The monoisotopic (exact) mass is 875 g/mol. The number of esters is 1. The second-order valence-corrected chi connectivity index (χ2v) is 19.4. The van der Waals surface area contributed by atoms with E-state index in [2.05, 4.69) is 40.7 Å². The zero-order valence-corrected chi connectivity index (χ0v) is 38.5. The number of hydrogen-bond acceptors (Lipinski definition) is 14. The number of hydrogen-bond donors (Lipinski definition) is 3. The van der Waals surface area contributed by atoms with E-state index in [4.69, 9.17) is 47.4 Å². The van der Waals surface area contributed by atoms with E-state index >= 15 is 0 Å². The van der Waals surface area contributed by atoms with Crippen LogP contribution in [0.3, 0.4) is 0 Å². The molecule has 5 saturated heterocycles. The average Bonchev–Trinajstić information content (AvgIpc) is 3.58. The van der Waals surface area contributed by atoms with Crippen LogP contribution in [0.15, 0.2) is 47.1 Å². The number of rotatable bonds is 8. The van der Waals surface area contributed by atoms with Crippen LogP contribution in [0.2, 0.25) is 0 Å². The molecule has 20 atom stereocenters. The van der Waals surface area contributed by atoms with Gasteiger partial charge in [-0.05, 0) is 69.1 Å². The van der Waals surface area contributed by atoms with Crippen LogP contribution in [0.25, 0.3) is 0 Å². The predicted octanol–water partition coefficient (Wildman–Crippen LogP) is 5.60. The average molecular weight is 875 g/mol. The smallest absolute Gasteiger partial charge is 0.316 e. The van der Waals surface area contributed by atoms with Crippen LogP contribution in [0.1, 0.15) is 107 Å². The molecule has 7 aliphatic rings. The van der Waals surface area contributed by atoms with Gasteiger partial charge in [-0.25, -0.2) is 0 Å². The summed E-state index contributed by atoms with van der Waals surface area (Å²) in [5.41, 5.74) is 0.188. The van der Waals surface area contributed by atoms with Crippen LogP contribution in [-0.2, 0) is 52.2 Å². The van der Waals surface area contributed by atoms with Crippen LogP contribution < -0.4 is 0 Å². The Hall–Kier alpha value is -2.05. The van der Waals surface area contributed by atoms with Crippen molar-refractivity contribution in [3.63, 3.8) is 0 Å². The van der Waals surface area contributed by atoms with E-state index in [0.717, 1.165) is 18.4 Å². The van der Waals surface area contributed by atoms with Crippen LogP contribution in [0.5, 0.6) is 0 Å². The molecule has 0 aromatic rings. The van der Waals surface area contributed by atoms with Crippen molar-refractivity contribution in [3.05, 3.63) is 47.1 Å². The molecule has 7 rings (SSSR count). The van der Waals surface area contributed by atoms with E-state index in [9.17, 15) is 20.1 Å². The Bertz CT molecular complexity index is 1680. The van der Waals surface area contributed by atoms with E-state index in [0.29, 0.717) is 61.5 Å². The van der Waals surface area contributed by atoms with Gasteiger partial charge in [-0.2, -0.15) is 0 Å². The lowest BCUT2D eigenvalue weighted by Crippen LogP contribution is -2.58. The second-order valence-electron chi connectivity index (χ2n) is 19.4. The largest absolute Gasteiger partial charge is 0.462 e. The highest BCUT2D eigenvalue weighted by atomic mass is 16.7. The summed E-state index contributed by atoms with van der Waals surface area (Å²) in [5, 5.41) is 34.2. The fourth-order valence-corrected chi connectivity index (χ4v) is 11.0. The Labute approximate surface area is 368 Å². The van der Waals surface area contributed by atoms with Crippen molar-refractivity contribution in [2.45, 2.75) is 204 Å². The van der Waals surface area contributed by atoms with Crippen molar-refractivity contribution >= 4 is 5.97 Å². The highest BCUT2D eigenvalue weighted by molar-refractivity contribution is 5.78. The van der Waals surface area contributed by atoms with Crippen molar-refractivity contribution < 1.29 is 67.5 Å². The topological polar surface area (TPSA) is 170 Å². The minimum absolute atomic E-state index is 0.00708. The molecular weight excluding hydrogens is 801 g/mol. The van der Waals surface area contributed by atoms with E-state index in [1.807, 2.05) is 19.1 Å². The van der Waals surface area contributed by atoms with Crippen LogP contribution >= 0.6 is 0 Å². The Morgan fingerprint density at radius 1 is 0.919 bits per heavy atom. The van der Waals surface area contributed by atoms with Crippen LogP contribution in [0, 0.1) is 23.7 Å². The van der Waals surface area contributed by atoms with Crippen molar-refractivity contribution in [3.8, 4) is 0 Å². The van der Waals surface area contributed by atoms with E-state index < -0.39 is 90.8 Å². The molecule has 0 aromatic carbocycles. The molecule has 3 N–H and O–H groups in total. The van der Waals surface area contributed by atoms with Gasteiger partial charge in [0.15, 0.2) is 18.4 Å². The number of aliphatic hydroxyl groups is 3. The Kier molecular flexibility index (Phi) is 15.3. The standard InChI is InChI=1S/C48H74O14/c1-11-25(2)43-28(5)17-18-47(62-43)23-34-20-33(61-47)16-15-27(4)42(26(3)13-12-14-32-24-55-45-40(49)29(6)19-35(46(51)58-34)48(32,45)52)59-39-22-37(54-10)44(31(8)57-39)60-38-21-36(53-9)41(50)30(7)56-38/h12-15,19,25-26,28,30-31,33-45,49-50,52H,11,16-18,20-24H2,1-10H3/t25?,26?,28?,30?,31?,33-,34?,35-,36?,37?,38+,39+,40?,41?,42?,43-,44?,45-,47-,48-/m1/s1. The summed E-state index contributed by atoms with van der Waals surface area (Å²) in [5.74, 6) is -2.10. The molecule has 0 aromatic heterocycles. The quantitative estimate of drug-likeness (QED) is 0.204. The fraction of sp³-hybridized carbons (Fsp3) is 0.812. The first-order chi connectivity index (χ1) is 29.5. The molecule has 12 unspecified atom stereocenters. The Morgan fingerprint density at radius 3 is 2.35 bits per heavy atom. The summed E-state index contributed by atoms with van der Waals surface area (Å²) < 4.78 is 63.9. The SMILES string of the molecule is CCC(C)[C@H]1O[C@]2(CCC1C)CC1C[C@@H](CC=C(C)C(O[C@H]3CC(OC)C(O[C@H]4CC(OC)C(O)C(C)O4)C(C)O3)C(C)C=CC=C3CO[C@@H]4C(O)C(C)=C[C@H](C(=O)O1)[C@]34O)O2. The predicted molar refractivity (Wildman–Crippen MR) is 227 cm³/mol. The number of fused-ring (bicyclic) bond motifs is 2. The van der Waals surface area contributed by atoms with Gasteiger partial charge in [0, 0.05) is 52.2 Å². The molecule has 62 heavy (non-hydrogen) atoms. The van der Waals surface area contributed by atoms with E-state index in [-0.39, 0.29) is 30.8 Å². The van der Waals surface area contributed by atoms with Gasteiger partial charge >= 0.3 is 5.97 Å². The molecule has 5 fully saturated rings. The first kappa shape index (κ1) is 47.9. The molecule has 0 saturated carbocycles. The first-order valence-electron chi connectivity index (χ1n) is 23.2. The van der Waals surface area contributed by atoms with E-state index in [1.165, 1.54) is 0 Å². The molecule has 1 aliphatic carbocycles. The van der Waals surface area contributed by atoms with Gasteiger partial charge in [-0.3, -0.25) is 4.79 Å². The molecule has 2 bridgehead atoms. The minimum Gasteiger partial charge on any atom is -0.462 e. The number of carbonyl (C=O) groups excluding carboxylic acids is 1. The van der Waals surface area contributed by atoms with Crippen molar-refractivity contribution in [2.75, 3.05) is 20.8 Å². The zero-order valence-electron chi connectivity index (χ0n) is 38.5. The highest BCUT2D eigenvalue weighted by Gasteiger charge is 2.60. The molecule has 14 heteroatoms. The third-order valence-electron chi connectivity index (χ3n) is 14.9. The maximum Gasteiger partial charge on any atom is 0.316 e. The summed E-state index contributed by atoms with van der Waals surface area (Å²) in [6.07, 6.45) is 6.53. The zero-order chi connectivity index (χ0) is 44.7. The summed E-state index contributed by atoms with van der Waals surface area (Å²) in [6.45, 7) is 16.3. The van der Waals surface area contributed by atoms with Gasteiger partial charge in [0.1, 0.15) is 42.0 Å². The van der Waals surface area contributed by atoms with Gasteiger partial charge in [0.2, 0.25) is 0 Å². The van der Waals surface area contributed by atoms with Crippen molar-refractivity contribution in [1.82, 2.24) is 0 Å². The molecule has 350 valence electrons. The molecule has 14 nitrogen and oxygen atoms in total. The van der Waals surface area contributed by atoms with Gasteiger partial charge in [0.05, 0.1) is 49.3 Å². The lowest BCUT2D eigenvalue weighted by Gasteiger charge is -2.51. The summed E-state index contributed by atoms with van der Waals surface area (Å²) in [7, 11) is 3.23. The van der Waals surface area contributed by atoms with Crippen LogP contribution in [0.4, 0.5) is 0 Å². The molecular formula is C48H74O14. The van der Waals surface area contributed by atoms with Crippen molar-refractivity contribution in [2.24, 2.45) is 23.7 Å². The normalized spacial score (nSPS) is 47.2. The maximum absolute atomic E-state index is 14.4. The molecule has 0 radical (unpaired) electrons. The summed E-state index contributed by atoms with van der Waals surface area (Å²) in [4.78, 5) is 14.4. The molecule has 6 heterocycles. The second kappa shape index (κ2) is 19.8. The first-order valence-corrected chi connectivity index (χ1v) is 23.2. The fourth-order valence-electron chi connectivity index (χ4n) is 11.0. The van der Waals surface area contributed by atoms with E-state index in [1.54, 1.807) is 40.2 Å². The van der Waals surface area contributed by atoms with Gasteiger partial charge in [-0.15, -0.1) is 0 Å². The number of methoxy groups -OCH3 is 2. The molecule has 1 spiro atoms. The van der Waals surface area contributed by atoms with Crippen molar-refractivity contribution in [1.29, 1.82) is 0 Å². The number of aliphatic hydroxyl groups excluding tert-OH is 2. The number of carbonyl (C=O) groups is 1. The van der Waals surface area contributed by atoms with Gasteiger partial charge < -0.3 is 62.7 Å². The lowest BCUT2D eigenvalue weighted by atomic mass is 9.71.